The van der Waals surface area contributed by atoms with E-state index in [1.807, 2.05) is 51.1 Å². The molecular weight excluding hydrogens is 524 g/mol. The van der Waals surface area contributed by atoms with E-state index >= 15 is 0 Å². The van der Waals surface area contributed by atoms with Crippen molar-refractivity contribution in [3.63, 3.8) is 0 Å². The highest BCUT2D eigenvalue weighted by Crippen LogP contribution is 2.33. The number of ether oxygens (including phenoxy) is 3. The number of aliphatic hydroxyl groups excluding tert-OH is 1. The summed E-state index contributed by atoms with van der Waals surface area (Å²) in [6, 6.07) is 15.3. The summed E-state index contributed by atoms with van der Waals surface area (Å²) in [5, 5.41) is 14.1. The molecule has 2 aromatic rings. The summed E-state index contributed by atoms with van der Waals surface area (Å²) in [4.78, 5) is 13.1. The van der Waals surface area contributed by atoms with Crippen molar-refractivity contribution < 1.29 is 38.0 Å². The first kappa shape index (κ1) is 31.0. The van der Waals surface area contributed by atoms with Crippen molar-refractivity contribution in [2.75, 3.05) is 26.3 Å². The maximum absolute atomic E-state index is 13.5. The normalized spacial score (nSPS) is 22.3. The number of carbonyl (C=O) groups excluding carboxylic acids is 1. The van der Waals surface area contributed by atoms with Crippen LogP contribution in [0.25, 0.3) is 0 Å². The molecule has 39 heavy (non-hydrogen) atoms. The molecule has 2 fully saturated rings. The highest BCUT2D eigenvalue weighted by atomic mass is 32.2. The quantitative estimate of drug-likeness (QED) is 0.426. The zero-order valence-corrected chi connectivity index (χ0v) is 23.5. The molecule has 2 heterocycles. The van der Waals surface area contributed by atoms with Crippen LogP contribution in [0.2, 0.25) is 0 Å². The molecule has 0 radical (unpaired) electrons. The number of nitrogens with one attached hydrogen (secondary N) is 1. The number of benzene rings is 2. The zero-order chi connectivity index (χ0) is 27.3. The van der Waals surface area contributed by atoms with Gasteiger partial charge in [0.1, 0.15) is 6.10 Å². The van der Waals surface area contributed by atoms with Crippen LogP contribution >= 0.6 is 0 Å². The van der Waals surface area contributed by atoms with Crippen molar-refractivity contribution in [3.05, 3.63) is 65.7 Å². The van der Waals surface area contributed by atoms with Gasteiger partial charge < -0.3 is 30.1 Å². The topological polar surface area (TPSA) is 146 Å². The van der Waals surface area contributed by atoms with E-state index in [4.69, 9.17) is 14.2 Å². The minimum atomic E-state index is -3.87. The Hall–Kier alpha value is -2.54. The van der Waals surface area contributed by atoms with Gasteiger partial charge in [-0.15, -0.1) is 0 Å². The maximum Gasteiger partial charge on any atom is 0.407 e. The number of hydrogen-bond donors (Lipinski definition) is 2. The van der Waals surface area contributed by atoms with Crippen LogP contribution in [0.1, 0.15) is 31.4 Å². The van der Waals surface area contributed by atoms with E-state index in [-0.39, 0.29) is 48.2 Å². The van der Waals surface area contributed by atoms with Gasteiger partial charge in [-0.1, -0.05) is 61.9 Å². The predicted octanol–water partition coefficient (Wildman–Crippen LogP) is 2.28. The van der Waals surface area contributed by atoms with Gasteiger partial charge in [0.05, 0.1) is 36.2 Å². The number of aliphatic hydroxyl groups is 1. The molecule has 4 rings (SSSR count). The summed E-state index contributed by atoms with van der Waals surface area (Å²) in [7, 11) is -3.87. The molecule has 4 N–H and O–H groups in total. The van der Waals surface area contributed by atoms with E-state index in [0.29, 0.717) is 13.0 Å². The second-order valence-electron chi connectivity index (χ2n) is 10.5. The fourth-order valence-electron chi connectivity index (χ4n) is 4.89. The highest BCUT2D eigenvalue weighted by Gasteiger charge is 2.44. The van der Waals surface area contributed by atoms with Crippen LogP contribution < -0.4 is 5.32 Å². The monoisotopic (exact) mass is 564 g/mol. The first-order valence-electron chi connectivity index (χ1n) is 13.1. The molecule has 216 valence electrons. The molecule has 0 saturated carbocycles. The third kappa shape index (κ3) is 8.00. The molecule has 2 aliphatic heterocycles. The summed E-state index contributed by atoms with van der Waals surface area (Å²) in [6.45, 7) is 6.59. The highest BCUT2D eigenvalue weighted by molar-refractivity contribution is 7.89. The van der Waals surface area contributed by atoms with Crippen LogP contribution in [0.15, 0.2) is 59.5 Å². The fourth-order valence-corrected chi connectivity index (χ4v) is 6.52. The summed E-state index contributed by atoms with van der Waals surface area (Å²) in [6.07, 6.45) is -1.61. The van der Waals surface area contributed by atoms with E-state index in [2.05, 4.69) is 5.32 Å². The third-order valence-electron chi connectivity index (χ3n) is 6.93. The number of fused-ring (bicyclic) bond motifs is 1. The summed E-state index contributed by atoms with van der Waals surface area (Å²) in [5.74, 6) is 0.0105. The Bertz CT molecular complexity index is 1160. The Morgan fingerprint density at radius 3 is 2.46 bits per heavy atom. The van der Waals surface area contributed by atoms with Crippen LogP contribution in [-0.2, 0) is 30.7 Å². The lowest BCUT2D eigenvalue weighted by atomic mass is 10.0. The Kier molecular flexibility index (Phi) is 10.9. The van der Waals surface area contributed by atoms with E-state index in [0.717, 1.165) is 17.5 Å². The smallest absolute Gasteiger partial charge is 0.407 e. The lowest BCUT2D eigenvalue weighted by Crippen LogP contribution is -2.51. The van der Waals surface area contributed by atoms with Gasteiger partial charge in [0.2, 0.25) is 10.0 Å². The summed E-state index contributed by atoms with van der Waals surface area (Å²) in [5.41, 5.74) is 1.84. The van der Waals surface area contributed by atoms with Gasteiger partial charge in [0.15, 0.2) is 6.29 Å². The minimum absolute atomic E-state index is 0. The average molecular weight is 565 g/mol. The standard InChI is InChI=1S/C28H38N2O7S.H2O/c1-19(2)16-30(38(33,34)22-11-9-20(3)10-12-22)17-25(31)24(15-21-7-5-4-6-8-21)29-28(32)37-26-18-36-27-23(26)13-14-35-27;/h4-12,19,23-27,31H,13-18H2,1-3H3,(H,29,32);1H2/t23-,24?,25+,26-,27+;/m0./s1. The van der Waals surface area contributed by atoms with Crippen LogP contribution in [0.5, 0.6) is 0 Å². The molecule has 1 amide bonds. The zero-order valence-electron chi connectivity index (χ0n) is 22.7. The van der Waals surface area contributed by atoms with Crippen molar-refractivity contribution in [2.24, 2.45) is 11.8 Å². The SMILES string of the molecule is Cc1ccc(S(=O)(=O)N(CC(C)C)C[C@@H](O)C(Cc2ccccc2)NC(=O)O[C@H]2CO[C@H]3OCC[C@H]32)cc1.O. The molecule has 2 saturated heterocycles. The van der Waals surface area contributed by atoms with E-state index in [9.17, 15) is 18.3 Å². The van der Waals surface area contributed by atoms with Crippen LogP contribution in [0.4, 0.5) is 4.79 Å². The largest absolute Gasteiger partial charge is 0.443 e. The van der Waals surface area contributed by atoms with Gasteiger partial charge in [-0.3, -0.25) is 0 Å². The third-order valence-corrected chi connectivity index (χ3v) is 8.77. The van der Waals surface area contributed by atoms with E-state index < -0.39 is 34.4 Å². The number of hydrogen-bond acceptors (Lipinski definition) is 7. The number of carbonyl (C=O) groups is 1. The molecule has 2 aromatic carbocycles. The van der Waals surface area contributed by atoms with Gasteiger partial charge >= 0.3 is 6.09 Å². The number of aryl methyl sites for hydroxylation is 1. The molecule has 0 bridgehead atoms. The summed E-state index contributed by atoms with van der Waals surface area (Å²) < 4.78 is 45.1. The van der Waals surface area contributed by atoms with Crippen molar-refractivity contribution in [3.8, 4) is 0 Å². The number of nitrogens with zero attached hydrogens (tertiary/aromatic N) is 1. The number of amides is 1. The molecule has 0 aromatic heterocycles. The van der Waals surface area contributed by atoms with Crippen molar-refractivity contribution in [2.45, 2.75) is 63.0 Å². The Morgan fingerprint density at radius 2 is 1.79 bits per heavy atom. The number of rotatable bonds is 11. The molecule has 1 unspecified atom stereocenters. The Morgan fingerprint density at radius 1 is 1.10 bits per heavy atom. The van der Waals surface area contributed by atoms with Crippen molar-refractivity contribution >= 4 is 16.1 Å². The second kappa shape index (κ2) is 13.7. The van der Waals surface area contributed by atoms with Crippen LogP contribution in [0.3, 0.4) is 0 Å². The first-order chi connectivity index (χ1) is 18.1. The minimum Gasteiger partial charge on any atom is -0.443 e. The van der Waals surface area contributed by atoms with Crippen molar-refractivity contribution in [1.29, 1.82) is 0 Å². The van der Waals surface area contributed by atoms with Gasteiger partial charge in [-0.25, -0.2) is 13.2 Å². The second-order valence-corrected chi connectivity index (χ2v) is 12.4. The number of sulfonamides is 1. The van der Waals surface area contributed by atoms with Crippen LogP contribution in [0, 0.1) is 18.8 Å². The van der Waals surface area contributed by atoms with E-state index in [1.54, 1.807) is 24.3 Å². The van der Waals surface area contributed by atoms with Gasteiger partial charge in [-0.2, -0.15) is 4.31 Å². The van der Waals surface area contributed by atoms with Gasteiger partial charge in [-0.05, 0) is 43.4 Å². The Labute approximate surface area is 230 Å². The molecule has 5 atom stereocenters. The summed E-state index contributed by atoms with van der Waals surface area (Å²) >= 11 is 0. The molecule has 11 heteroatoms. The van der Waals surface area contributed by atoms with Gasteiger partial charge in [0.25, 0.3) is 0 Å². The number of alkyl carbamates (subject to hydrolysis) is 1. The molecule has 0 spiro atoms. The van der Waals surface area contributed by atoms with Crippen LogP contribution in [-0.4, -0.2) is 80.2 Å². The maximum atomic E-state index is 13.5. The van der Waals surface area contributed by atoms with Gasteiger partial charge in [0, 0.05) is 13.1 Å². The lowest BCUT2D eigenvalue weighted by molar-refractivity contribution is -0.0907. The fraction of sp³-hybridized carbons (Fsp3) is 0.536. The lowest BCUT2D eigenvalue weighted by Gasteiger charge is -2.31. The first-order valence-corrected chi connectivity index (χ1v) is 14.6. The predicted molar refractivity (Wildman–Crippen MR) is 146 cm³/mol. The van der Waals surface area contributed by atoms with E-state index in [1.165, 1.54) is 4.31 Å². The molecular formula is C28H40N2O8S. The molecule has 10 nitrogen and oxygen atoms in total. The average Bonchev–Trinajstić information content (AvgIpc) is 3.49. The Balaban J connectivity index is 0.00000420. The van der Waals surface area contributed by atoms with Crippen molar-refractivity contribution in [1.82, 2.24) is 9.62 Å². The molecule has 2 aliphatic rings. The molecule has 0 aliphatic carbocycles.